The van der Waals surface area contributed by atoms with Gasteiger partial charge in [0, 0.05) is 60.6 Å². The molecule has 0 spiro atoms. The van der Waals surface area contributed by atoms with E-state index in [9.17, 15) is 19.2 Å². The molecule has 11 heteroatoms. The number of nitrogens with two attached hydrogens (primary N) is 1. The van der Waals surface area contributed by atoms with E-state index < -0.39 is 12.0 Å². The Labute approximate surface area is 268 Å². The lowest BCUT2D eigenvalue weighted by atomic mass is 10.0. The van der Waals surface area contributed by atoms with Gasteiger partial charge in [-0.2, -0.15) is 0 Å². The molecular weight excluding hydrogens is 584 g/mol. The van der Waals surface area contributed by atoms with Crippen molar-refractivity contribution in [2.24, 2.45) is 10.7 Å². The monoisotopic (exact) mass is 624 g/mol. The number of carbonyl (C=O) groups excluding carboxylic acids is 4. The number of hydrogen-bond acceptors (Lipinski definition) is 7. The zero-order chi connectivity index (χ0) is 32.9. The average molecular weight is 625 g/mol. The standard InChI is InChI=1S/C35H40N6O5/c1-3-17-41(18-4-2)34(44)28-19-25-13-14-27(21-30(25)40-31(36)22-28)33(43)39-29-12-8-11-26(20-29)32(42)37-15-16-38-35(45)46-23-24-9-6-5-7-10-24/h5-14,19-21H,3-4,15-18,22-23H2,1-2H3,(H2,36,40)(H,37,42)(H,38,45)(H,39,43). The molecule has 0 unspecified atom stereocenters. The van der Waals surface area contributed by atoms with Gasteiger partial charge < -0.3 is 31.3 Å². The summed E-state index contributed by atoms with van der Waals surface area (Å²) in [7, 11) is 0. The van der Waals surface area contributed by atoms with Crippen LogP contribution in [0.25, 0.3) is 6.08 Å². The van der Waals surface area contributed by atoms with Gasteiger partial charge in [-0.15, -0.1) is 0 Å². The second kappa shape index (κ2) is 16.6. The minimum Gasteiger partial charge on any atom is -0.445 e. The highest BCUT2D eigenvalue weighted by Crippen LogP contribution is 2.29. The number of aliphatic imine (C=N–C) groups is 1. The molecule has 3 aromatic rings. The van der Waals surface area contributed by atoms with Crippen LogP contribution in [0.3, 0.4) is 0 Å². The number of rotatable bonds is 13. The number of fused-ring (bicyclic) bond motifs is 1. The summed E-state index contributed by atoms with van der Waals surface area (Å²) in [5, 5.41) is 8.15. The second-order valence-electron chi connectivity index (χ2n) is 10.8. The SMILES string of the molecule is CCCN(CCC)C(=O)C1=Cc2ccc(C(=O)Nc3cccc(C(=O)NCCNC(=O)OCc4ccccc4)c3)cc2N=C(N)C1. The van der Waals surface area contributed by atoms with Gasteiger partial charge >= 0.3 is 6.09 Å². The van der Waals surface area contributed by atoms with Crippen LogP contribution < -0.4 is 21.7 Å². The third-order valence-electron chi connectivity index (χ3n) is 7.08. The van der Waals surface area contributed by atoms with E-state index in [1.54, 1.807) is 48.5 Å². The van der Waals surface area contributed by atoms with Crippen molar-refractivity contribution in [2.45, 2.75) is 39.7 Å². The van der Waals surface area contributed by atoms with Gasteiger partial charge in [0.1, 0.15) is 12.4 Å². The van der Waals surface area contributed by atoms with Gasteiger partial charge in [0.05, 0.1) is 5.69 Å². The number of amidine groups is 1. The van der Waals surface area contributed by atoms with Crippen molar-refractivity contribution in [3.63, 3.8) is 0 Å². The molecular formula is C35H40N6O5. The first kappa shape index (κ1) is 33.4. The Morgan fingerprint density at radius 3 is 2.30 bits per heavy atom. The number of nitrogens with zero attached hydrogens (tertiary/aromatic N) is 2. The van der Waals surface area contributed by atoms with Crippen LogP contribution in [0, 0.1) is 0 Å². The minimum atomic E-state index is -0.579. The second-order valence-corrected chi connectivity index (χ2v) is 10.8. The van der Waals surface area contributed by atoms with Crippen molar-refractivity contribution < 1.29 is 23.9 Å². The quantitative estimate of drug-likeness (QED) is 0.196. The van der Waals surface area contributed by atoms with E-state index in [0.29, 0.717) is 52.6 Å². The zero-order valence-corrected chi connectivity index (χ0v) is 26.2. The summed E-state index contributed by atoms with van der Waals surface area (Å²) < 4.78 is 5.16. The topological polar surface area (TPSA) is 155 Å². The molecule has 0 atom stereocenters. The molecule has 240 valence electrons. The first-order valence-corrected chi connectivity index (χ1v) is 15.4. The van der Waals surface area contributed by atoms with Gasteiger partial charge in [-0.05, 0) is 54.8 Å². The molecule has 1 aliphatic rings. The molecule has 11 nitrogen and oxygen atoms in total. The lowest BCUT2D eigenvalue weighted by Crippen LogP contribution is -2.34. The first-order chi connectivity index (χ1) is 22.3. The van der Waals surface area contributed by atoms with Gasteiger partial charge in [-0.25, -0.2) is 9.79 Å². The molecule has 0 aliphatic carbocycles. The maximum atomic E-state index is 13.2. The largest absolute Gasteiger partial charge is 0.445 e. The highest BCUT2D eigenvalue weighted by atomic mass is 16.5. The molecule has 0 saturated carbocycles. The number of amides is 4. The first-order valence-electron chi connectivity index (χ1n) is 15.4. The van der Waals surface area contributed by atoms with E-state index in [4.69, 9.17) is 10.5 Å². The fourth-order valence-corrected chi connectivity index (χ4v) is 4.89. The van der Waals surface area contributed by atoms with Crippen molar-refractivity contribution in [1.82, 2.24) is 15.5 Å². The molecule has 0 radical (unpaired) electrons. The van der Waals surface area contributed by atoms with E-state index >= 15 is 0 Å². The lowest BCUT2D eigenvalue weighted by Gasteiger charge is -2.22. The minimum absolute atomic E-state index is 0.0574. The van der Waals surface area contributed by atoms with E-state index in [2.05, 4.69) is 20.9 Å². The van der Waals surface area contributed by atoms with Gasteiger partial charge in [-0.1, -0.05) is 56.3 Å². The van der Waals surface area contributed by atoms with Crippen LogP contribution in [-0.2, 0) is 16.1 Å². The van der Waals surface area contributed by atoms with Gasteiger partial charge in [0.25, 0.3) is 11.8 Å². The molecule has 5 N–H and O–H groups in total. The van der Waals surface area contributed by atoms with Crippen molar-refractivity contribution in [2.75, 3.05) is 31.5 Å². The summed E-state index contributed by atoms with van der Waals surface area (Å²) in [4.78, 5) is 57.3. The number of alkyl carbamates (subject to hydrolysis) is 1. The Hall–Kier alpha value is -5.45. The fourth-order valence-electron chi connectivity index (χ4n) is 4.89. The maximum Gasteiger partial charge on any atom is 0.407 e. The average Bonchev–Trinajstić information content (AvgIpc) is 3.23. The molecule has 0 bridgehead atoms. The number of nitrogens with one attached hydrogen (secondary N) is 3. The Kier molecular flexibility index (Phi) is 12.0. The van der Waals surface area contributed by atoms with Crippen molar-refractivity contribution in [3.8, 4) is 0 Å². The Bertz CT molecular complexity index is 1610. The molecule has 0 fully saturated rings. The Balaban J connectivity index is 1.33. The summed E-state index contributed by atoms with van der Waals surface area (Å²) >= 11 is 0. The Morgan fingerprint density at radius 2 is 1.57 bits per heavy atom. The van der Waals surface area contributed by atoms with E-state index in [0.717, 1.165) is 18.4 Å². The maximum absolute atomic E-state index is 13.2. The van der Waals surface area contributed by atoms with Crippen LogP contribution in [0.4, 0.5) is 16.2 Å². The Morgan fingerprint density at radius 1 is 0.848 bits per heavy atom. The highest BCUT2D eigenvalue weighted by molar-refractivity contribution is 6.08. The number of anilines is 1. The fraction of sp³-hybridized carbons (Fsp3) is 0.286. The summed E-state index contributed by atoms with van der Waals surface area (Å²) in [5.41, 5.74) is 9.93. The van der Waals surface area contributed by atoms with Crippen molar-refractivity contribution in [1.29, 1.82) is 0 Å². The zero-order valence-electron chi connectivity index (χ0n) is 26.2. The van der Waals surface area contributed by atoms with Gasteiger partial charge in [-0.3, -0.25) is 14.4 Å². The normalized spacial score (nSPS) is 12.0. The van der Waals surface area contributed by atoms with E-state index in [-0.39, 0.29) is 37.9 Å². The molecule has 4 amide bonds. The lowest BCUT2D eigenvalue weighted by molar-refractivity contribution is -0.127. The molecule has 0 saturated heterocycles. The van der Waals surface area contributed by atoms with Crippen molar-refractivity contribution in [3.05, 3.63) is 101 Å². The van der Waals surface area contributed by atoms with Gasteiger partial charge in [0.15, 0.2) is 0 Å². The van der Waals surface area contributed by atoms with Crippen LogP contribution >= 0.6 is 0 Å². The van der Waals surface area contributed by atoms with Crippen LogP contribution in [0.1, 0.15) is 65.0 Å². The number of ether oxygens (including phenoxy) is 1. The van der Waals surface area contributed by atoms with Crippen LogP contribution in [-0.4, -0.2) is 60.7 Å². The molecule has 1 heterocycles. The van der Waals surface area contributed by atoms with Gasteiger partial charge in [0.2, 0.25) is 5.91 Å². The van der Waals surface area contributed by atoms with Crippen LogP contribution in [0.2, 0.25) is 0 Å². The van der Waals surface area contributed by atoms with Crippen LogP contribution in [0.15, 0.2) is 83.4 Å². The van der Waals surface area contributed by atoms with E-state index in [1.165, 1.54) is 0 Å². The summed E-state index contributed by atoms with van der Waals surface area (Å²) in [6.45, 7) is 5.93. The number of hydrogen-bond donors (Lipinski definition) is 4. The smallest absolute Gasteiger partial charge is 0.407 e. The van der Waals surface area contributed by atoms with E-state index in [1.807, 2.05) is 49.1 Å². The summed E-state index contributed by atoms with van der Waals surface area (Å²) in [6, 6.07) is 20.9. The molecule has 1 aliphatic heterocycles. The predicted octanol–water partition coefficient (Wildman–Crippen LogP) is 5.02. The highest BCUT2D eigenvalue weighted by Gasteiger charge is 2.21. The third kappa shape index (κ3) is 9.52. The summed E-state index contributed by atoms with van der Waals surface area (Å²) in [5.74, 6) is -0.521. The summed E-state index contributed by atoms with van der Waals surface area (Å²) in [6.07, 6.45) is 3.16. The number of carbonyl (C=O) groups is 4. The predicted molar refractivity (Wildman–Crippen MR) is 179 cm³/mol. The molecule has 0 aromatic heterocycles. The molecule has 3 aromatic carbocycles. The molecule has 46 heavy (non-hydrogen) atoms. The van der Waals surface area contributed by atoms with Crippen LogP contribution in [0.5, 0.6) is 0 Å². The number of benzene rings is 3. The van der Waals surface area contributed by atoms with Crippen molar-refractivity contribution >= 4 is 47.1 Å². The third-order valence-corrected chi connectivity index (χ3v) is 7.08. The molecule has 4 rings (SSSR count).